The van der Waals surface area contributed by atoms with Gasteiger partial charge in [0.25, 0.3) is 5.69 Å². The van der Waals surface area contributed by atoms with Crippen LogP contribution in [0.15, 0.2) is 48.5 Å². The van der Waals surface area contributed by atoms with Crippen LogP contribution in [0.4, 0.5) is 10.8 Å². The summed E-state index contributed by atoms with van der Waals surface area (Å²) in [6.45, 7) is 0. The second-order valence-electron chi connectivity index (χ2n) is 4.81. The number of fused-ring (bicyclic) bond motifs is 1. The third kappa shape index (κ3) is 3.76. The number of benzene rings is 2. The molecule has 1 N–H and O–H groups in total. The summed E-state index contributed by atoms with van der Waals surface area (Å²) in [7, 11) is 0. The van der Waals surface area contributed by atoms with Crippen molar-refractivity contribution in [1.29, 1.82) is 0 Å². The summed E-state index contributed by atoms with van der Waals surface area (Å²) >= 11 is 7.06. The SMILES string of the molecule is O=C(C=Cc1cccc(Cl)c1)Nc1nc2ccc([N+](=O)[O-])cc2s1. The number of non-ortho nitro benzene ring substituents is 1. The van der Waals surface area contributed by atoms with E-state index in [0.29, 0.717) is 20.4 Å². The Bertz CT molecular complexity index is 968. The van der Waals surface area contributed by atoms with Gasteiger partial charge in [-0.1, -0.05) is 35.1 Å². The molecule has 1 aromatic heterocycles. The lowest BCUT2D eigenvalue weighted by molar-refractivity contribution is -0.384. The number of hydrogen-bond donors (Lipinski definition) is 1. The number of thiazole rings is 1. The zero-order valence-corrected chi connectivity index (χ0v) is 13.7. The Kier molecular flexibility index (Phi) is 4.54. The van der Waals surface area contributed by atoms with Gasteiger partial charge in [-0.15, -0.1) is 0 Å². The highest BCUT2D eigenvalue weighted by Crippen LogP contribution is 2.29. The van der Waals surface area contributed by atoms with Crippen molar-refractivity contribution in [3.8, 4) is 0 Å². The highest BCUT2D eigenvalue weighted by atomic mass is 35.5. The number of amides is 1. The molecule has 0 aliphatic heterocycles. The van der Waals surface area contributed by atoms with Crippen molar-refractivity contribution in [2.45, 2.75) is 0 Å². The van der Waals surface area contributed by atoms with Crippen molar-refractivity contribution >= 4 is 56.0 Å². The third-order valence-electron chi connectivity index (χ3n) is 3.09. The predicted molar refractivity (Wildman–Crippen MR) is 95.4 cm³/mol. The maximum Gasteiger partial charge on any atom is 0.270 e. The van der Waals surface area contributed by atoms with Crippen LogP contribution < -0.4 is 5.32 Å². The molecule has 0 saturated heterocycles. The first kappa shape index (κ1) is 16.1. The molecule has 1 amide bonds. The molecular weight excluding hydrogens is 350 g/mol. The Morgan fingerprint density at radius 2 is 2.12 bits per heavy atom. The van der Waals surface area contributed by atoms with E-state index in [2.05, 4.69) is 10.3 Å². The van der Waals surface area contributed by atoms with Crippen molar-refractivity contribution < 1.29 is 9.72 Å². The first-order valence-corrected chi connectivity index (χ1v) is 8.00. The fraction of sp³-hybridized carbons (Fsp3) is 0. The fourth-order valence-corrected chi connectivity index (χ4v) is 3.11. The van der Waals surface area contributed by atoms with E-state index in [4.69, 9.17) is 11.6 Å². The van der Waals surface area contributed by atoms with Crippen LogP contribution in [0.2, 0.25) is 5.02 Å². The quantitative estimate of drug-likeness (QED) is 0.422. The zero-order valence-electron chi connectivity index (χ0n) is 12.1. The predicted octanol–water partition coefficient (Wildman–Crippen LogP) is 4.51. The number of carbonyl (C=O) groups is 1. The molecule has 0 bridgehead atoms. The van der Waals surface area contributed by atoms with Gasteiger partial charge in [0, 0.05) is 23.2 Å². The van der Waals surface area contributed by atoms with Gasteiger partial charge in [-0.2, -0.15) is 0 Å². The lowest BCUT2D eigenvalue weighted by atomic mass is 10.2. The monoisotopic (exact) mass is 359 g/mol. The van der Waals surface area contributed by atoms with Gasteiger partial charge in [-0.3, -0.25) is 20.2 Å². The first-order valence-electron chi connectivity index (χ1n) is 6.81. The largest absolute Gasteiger partial charge is 0.298 e. The standard InChI is InChI=1S/C16H10ClN3O3S/c17-11-3-1-2-10(8-11)4-7-15(21)19-16-18-13-6-5-12(20(22)23)9-14(13)24-16/h1-9H,(H,18,19,21). The molecule has 0 aliphatic rings. The Labute approximate surface area is 145 Å². The van der Waals surface area contributed by atoms with Crippen LogP contribution in [-0.2, 0) is 4.79 Å². The van der Waals surface area contributed by atoms with Gasteiger partial charge in [-0.05, 0) is 29.8 Å². The topological polar surface area (TPSA) is 85.1 Å². The summed E-state index contributed by atoms with van der Waals surface area (Å²) in [5.41, 5.74) is 1.39. The highest BCUT2D eigenvalue weighted by Gasteiger charge is 2.11. The fourth-order valence-electron chi connectivity index (χ4n) is 2.01. The van der Waals surface area contributed by atoms with Crippen molar-refractivity contribution in [3.63, 3.8) is 0 Å². The average Bonchev–Trinajstić information content (AvgIpc) is 2.94. The number of aromatic nitrogens is 1. The number of nitrogens with zero attached hydrogens (tertiary/aromatic N) is 2. The summed E-state index contributed by atoms with van der Waals surface area (Å²) in [4.78, 5) is 26.5. The number of nitro benzene ring substituents is 1. The minimum atomic E-state index is -0.467. The van der Waals surface area contributed by atoms with Gasteiger partial charge >= 0.3 is 0 Å². The molecular formula is C16H10ClN3O3S. The molecule has 1 heterocycles. The number of halogens is 1. The van der Waals surface area contributed by atoms with Crippen molar-refractivity contribution in [2.24, 2.45) is 0 Å². The van der Waals surface area contributed by atoms with Gasteiger partial charge in [0.15, 0.2) is 5.13 Å². The van der Waals surface area contributed by atoms with E-state index < -0.39 is 4.92 Å². The number of anilines is 1. The molecule has 0 saturated carbocycles. The van der Waals surface area contributed by atoms with Gasteiger partial charge in [0.05, 0.1) is 15.1 Å². The molecule has 3 aromatic rings. The molecule has 120 valence electrons. The normalized spacial score (nSPS) is 11.0. The minimum Gasteiger partial charge on any atom is -0.298 e. The maximum atomic E-state index is 12.0. The van der Waals surface area contributed by atoms with E-state index in [9.17, 15) is 14.9 Å². The van der Waals surface area contributed by atoms with Crippen LogP contribution in [0.1, 0.15) is 5.56 Å². The molecule has 2 aromatic carbocycles. The van der Waals surface area contributed by atoms with Crippen molar-refractivity contribution in [1.82, 2.24) is 4.98 Å². The second-order valence-corrected chi connectivity index (χ2v) is 6.27. The van der Waals surface area contributed by atoms with Crippen LogP contribution >= 0.6 is 22.9 Å². The molecule has 6 nitrogen and oxygen atoms in total. The van der Waals surface area contributed by atoms with E-state index in [1.165, 1.54) is 29.5 Å². The third-order valence-corrected chi connectivity index (χ3v) is 4.26. The Balaban J connectivity index is 1.74. The van der Waals surface area contributed by atoms with Gasteiger partial charge in [0.1, 0.15) is 0 Å². The molecule has 0 spiro atoms. The summed E-state index contributed by atoms with van der Waals surface area (Å²) in [5, 5.41) is 14.4. The van der Waals surface area contributed by atoms with Crippen LogP contribution in [0, 0.1) is 10.1 Å². The molecule has 8 heteroatoms. The number of rotatable bonds is 4. The Morgan fingerprint density at radius 3 is 2.88 bits per heavy atom. The second kappa shape index (κ2) is 6.77. The smallest absolute Gasteiger partial charge is 0.270 e. The molecule has 0 aliphatic carbocycles. The summed E-state index contributed by atoms with van der Waals surface area (Å²) < 4.78 is 0.637. The molecule has 0 atom stereocenters. The molecule has 0 radical (unpaired) electrons. The summed E-state index contributed by atoms with van der Waals surface area (Å²) in [6, 6.07) is 11.5. The Morgan fingerprint density at radius 1 is 1.29 bits per heavy atom. The summed E-state index contributed by atoms with van der Waals surface area (Å²) in [6.07, 6.45) is 3.01. The molecule has 3 rings (SSSR count). The summed E-state index contributed by atoms with van der Waals surface area (Å²) in [5.74, 6) is -0.344. The van der Waals surface area contributed by atoms with Crippen LogP contribution in [0.5, 0.6) is 0 Å². The average molecular weight is 360 g/mol. The molecule has 0 fully saturated rings. The van der Waals surface area contributed by atoms with E-state index in [1.807, 2.05) is 6.07 Å². The number of hydrogen-bond acceptors (Lipinski definition) is 5. The first-order chi connectivity index (χ1) is 11.5. The number of carbonyl (C=O) groups excluding carboxylic acids is 1. The van der Waals surface area contributed by atoms with Crippen molar-refractivity contribution in [2.75, 3.05) is 5.32 Å². The van der Waals surface area contributed by atoms with Crippen LogP contribution in [0.3, 0.4) is 0 Å². The minimum absolute atomic E-state index is 0.00937. The van der Waals surface area contributed by atoms with Gasteiger partial charge in [-0.25, -0.2) is 4.98 Å². The van der Waals surface area contributed by atoms with E-state index >= 15 is 0 Å². The number of nitro groups is 1. The van der Waals surface area contributed by atoms with E-state index in [1.54, 1.807) is 30.3 Å². The van der Waals surface area contributed by atoms with Gasteiger partial charge in [0.2, 0.25) is 5.91 Å². The highest BCUT2D eigenvalue weighted by molar-refractivity contribution is 7.22. The lowest BCUT2D eigenvalue weighted by Crippen LogP contribution is -2.07. The number of nitrogens with one attached hydrogen (secondary N) is 1. The molecule has 0 unspecified atom stereocenters. The van der Waals surface area contributed by atoms with Crippen molar-refractivity contribution in [3.05, 3.63) is 69.2 Å². The van der Waals surface area contributed by atoms with Crippen LogP contribution in [-0.4, -0.2) is 15.8 Å². The van der Waals surface area contributed by atoms with Crippen LogP contribution in [0.25, 0.3) is 16.3 Å². The van der Waals surface area contributed by atoms with E-state index in [-0.39, 0.29) is 11.6 Å². The Hall–Kier alpha value is -2.77. The van der Waals surface area contributed by atoms with E-state index in [0.717, 1.165) is 5.56 Å². The lowest BCUT2D eigenvalue weighted by Gasteiger charge is -1.96. The molecule has 24 heavy (non-hydrogen) atoms. The van der Waals surface area contributed by atoms with Gasteiger partial charge < -0.3 is 0 Å². The zero-order chi connectivity index (χ0) is 17.1. The maximum absolute atomic E-state index is 12.0.